The number of hydrogen-bond donors (Lipinski definition) is 2. The van der Waals surface area contributed by atoms with Crippen LogP contribution in [0.3, 0.4) is 0 Å². The van der Waals surface area contributed by atoms with Crippen LogP contribution in [-0.4, -0.2) is 10.9 Å². The van der Waals surface area contributed by atoms with E-state index in [2.05, 4.69) is 10.3 Å². The summed E-state index contributed by atoms with van der Waals surface area (Å²) in [5.41, 5.74) is 8.12. The van der Waals surface area contributed by atoms with Crippen LogP contribution in [0.15, 0.2) is 60.7 Å². The van der Waals surface area contributed by atoms with Gasteiger partial charge in [0.05, 0.1) is 11.1 Å². The molecule has 0 aliphatic rings. The molecule has 0 fully saturated rings. The van der Waals surface area contributed by atoms with E-state index in [9.17, 15) is 4.79 Å². The molecule has 0 aliphatic carbocycles. The Balaban J connectivity index is 1.82. The number of pyridine rings is 1. The second-order valence-electron chi connectivity index (χ2n) is 4.78. The number of carbonyl (C=O) groups excluding carboxylic acids is 1. The molecular formula is C17H15N3O. The second kappa shape index (κ2) is 5.63. The molecule has 2 aromatic carbocycles. The van der Waals surface area contributed by atoms with Gasteiger partial charge in [-0.15, -0.1) is 0 Å². The van der Waals surface area contributed by atoms with Crippen LogP contribution in [0.2, 0.25) is 0 Å². The van der Waals surface area contributed by atoms with Gasteiger partial charge in [-0.3, -0.25) is 4.79 Å². The summed E-state index contributed by atoms with van der Waals surface area (Å²) in [6.07, 6.45) is 0. The molecule has 104 valence electrons. The van der Waals surface area contributed by atoms with Crippen molar-refractivity contribution in [3.05, 3.63) is 71.8 Å². The highest BCUT2D eigenvalue weighted by molar-refractivity contribution is 6.01. The highest BCUT2D eigenvalue weighted by atomic mass is 16.1. The van der Waals surface area contributed by atoms with Gasteiger partial charge < -0.3 is 11.1 Å². The van der Waals surface area contributed by atoms with Crippen LogP contribution in [0, 0.1) is 0 Å². The van der Waals surface area contributed by atoms with Crippen molar-refractivity contribution in [2.24, 2.45) is 0 Å². The Bertz CT molecular complexity index is 784. The molecule has 1 aromatic heterocycles. The number of nitrogens with zero attached hydrogens (tertiary/aromatic N) is 1. The number of nitrogens with two attached hydrogens (primary N) is 1. The number of anilines is 1. The van der Waals surface area contributed by atoms with Crippen LogP contribution in [0.25, 0.3) is 10.9 Å². The SMILES string of the molecule is Nc1nc2ccccc2cc1C(=O)NCc1ccccc1. The second-order valence-corrected chi connectivity index (χ2v) is 4.78. The third kappa shape index (κ3) is 2.84. The Labute approximate surface area is 122 Å². The van der Waals surface area contributed by atoms with Crippen LogP contribution in [0.5, 0.6) is 0 Å². The largest absolute Gasteiger partial charge is 0.383 e. The number of fused-ring (bicyclic) bond motifs is 1. The first-order valence-electron chi connectivity index (χ1n) is 6.71. The fourth-order valence-corrected chi connectivity index (χ4v) is 2.19. The van der Waals surface area contributed by atoms with Gasteiger partial charge in [-0.1, -0.05) is 48.5 Å². The zero-order valence-corrected chi connectivity index (χ0v) is 11.4. The lowest BCUT2D eigenvalue weighted by Crippen LogP contribution is -2.24. The standard InChI is InChI=1S/C17H15N3O/c18-16-14(10-13-8-4-5-9-15(13)20-16)17(21)19-11-12-6-2-1-3-7-12/h1-10H,11H2,(H2,18,20)(H,19,21). The number of para-hydroxylation sites is 1. The topological polar surface area (TPSA) is 68.0 Å². The van der Waals surface area contributed by atoms with E-state index < -0.39 is 0 Å². The maximum Gasteiger partial charge on any atom is 0.255 e. The van der Waals surface area contributed by atoms with E-state index in [4.69, 9.17) is 5.73 Å². The summed E-state index contributed by atoms with van der Waals surface area (Å²) in [4.78, 5) is 16.5. The third-order valence-corrected chi connectivity index (χ3v) is 3.29. The summed E-state index contributed by atoms with van der Waals surface area (Å²) >= 11 is 0. The Hall–Kier alpha value is -2.88. The molecule has 1 heterocycles. The molecule has 0 aliphatic heterocycles. The summed E-state index contributed by atoms with van der Waals surface area (Å²) in [6.45, 7) is 0.464. The summed E-state index contributed by atoms with van der Waals surface area (Å²) in [7, 11) is 0. The van der Waals surface area contributed by atoms with Crippen LogP contribution in [0.1, 0.15) is 15.9 Å². The third-order valence-electron chi connectivity index (χ3n) is 3.29. The Morgan fingerprint density at radius 1 is 1.05 bits per heavy atom. The molecule has 0 bridgehead atoms. The predicted octanol–water partition coefficient (Wildman–Crippen LogP) is 2.75. The number of nitrogen functional groups attached to an aromatic ring is 1. The molecule has 0 atom stereocenters. The van der Waals surface area contributed by atoms with E-state index in [1.807, 2.05) is 54.6 Å². The van der Waals surface area contributed by atoms with Crippen molar-refractivity contribution in [2.75, 3.05) is 5.73 Å². The first kappa shape index (κ1) is 13.1. The summed E-state index contributed by atoms with van der Waals surface area (Å²) < 4.78 is 0. The zero-order valence-electron chi connectivity index (χ0n) is 11.4. The first-order valence-corrected chi connectivity index (χ1v) is 6.71. The number of aromatic nitrogens is 1. The van der Waals surface area contributed by atoms with Gasteiger partial charge in [-0.25, -0.2) is 4.98 Å². The Morgan fingerprint density at radius 2 is 1.76 bits per heavy atom. The van der Waals surface area contributed by atoms with Gasteiger partial charge in [0.25, 0.3) is 5.91 Å². The molecule has 0 saturated carbocycles. The smallest absolute Gasteiger partial charge is 0.255 e. The minimum atomic E-state index is -0.213. The predicted molar refractivity (Wildman–Crippen MR) is 83.8 cm³/mol. The van der Waals surface area contributed by atoms with Crippen LogP contribution in [0.4, 0.5) is 5.82 Å². The summed E-state index contributed by atoms with van der Waals surface area (Å²) in [5.74, 6) is 0.0360. The monoisotopic (exact) mass is 277 g/mol. The van der Waals surface area contributed by atoms with E-state index in [0.29, 0.717) is 12.1 Å². The minimum absolute atomic E-state index is 0.213. The van der Waals surface area contributed by atoms with Crippen molar-refractivity contribution < 1.29 is 4.79 Å². The minimum Gasteiger partial charge on any atom is -0.383 e. The van der Waals surface area contributed by atoms with Gasteiger partial charge in [0.15, 0.2) is 0 Å². The molecule has 4 nitrogen and oxygen atoms in total. The molecule has 3 N–H and O–H groups in total. The number of rotatable bonds is 3. The number of carbonyl (C=O) groups is 1. The number of nitrogens with one attached hydrogen (secondary N) is 1. The lowest BCUT2D eigenvalue weighted by molar-refractivity contribution is 0.0951. The number of hydrogen-bond acceptors (Lipinski definition) is 3. The van der Waals surface area contributed by atoms with Crippen molar-refractivity contribution in [3.63, 3.8) is 0 Å². The number of benzene rings is 2. The highest BCUT2D eigenvalue weighted by Crippen LogP contribution is 2.18. The Morgan fingerprint density at radius 3 is 2.57 bits per heavy atom. The molecule has 0 radical (unpaired) electrons. The molecule has 0 unspecified atom stereocenters. The average Bonchev–Trinajstić information content (AvgIpc) is 2.53. The van der Waals surface area contributed by atoms with Gasteiger partial charge in [0.2, 0.25) is 0 Å². The van der Waals surface area contributed by atoms with E-state index in [1.54, 1.807) is 6.07 Å². The fourth-order valence-electron chi connectivity index (χ4n) is 2.19. The molecule has 0 spiro atoms. The maximum atomic E-state index is 12.3. The molecule has 4 heteroatoms. The van der Waals surface area contributed by atoms with Crippen molar-refractivity contribution in [2.45, 2.75) is 6.54 Å². The normalized spacial score (nSPS) is 10.5. The summed E-state index contributed by atoms with van der Waals surface area (Å²) in [5, 5.41) is 3.76. The van der Waals surface area contributed by atoms with E-state index in [1.165, 1.54) is 0 Å². The molecule has 1 amide bonds. The van der Waals surface area contributed by atoms with Crippen LogP contribution < -0.4 is 11.1 Å². The average molecular weight is 277 g/mol. The first-order chi connectivity index (χ1) is 10.2. The van der Waals surface area contributed by atoms with Gasteiger partial charge >= 0.3 is 0 Å². The lowest BCUT2D eigenvalue weighted by atomic mass is 10.1. The van der Waals surface area contributed by atoms with Crippen molar-refractivity contribution in [1.82, 2.24) is 10.3 Å². The van der Waals surface area contributed by atoms with E-state index >= 15 is 0 Å². The fraction of sp³-hybridized carbons (Fsp3) is 0.0588. The Kier molecular flexibility index (Phi) is 3.51. The molecule has 3 rings (SSSR count). The molecule has 3 aromatic rings. The van der Waals surface area contributed by atoms with E-state index in [-0.39, 0.29) is 11.7 Å². The quantitative estimate of drug-likeness (QED) is 0.773. The van der Waals surface area contributed by atoms with Crippen LogP contribution >= 0.6 is 0 Å². The van der Waals surface area contributed by atoms with Gasteiger partial charge in [0.1, 0.15) is 5.82 Å². The summed E-state index contributed by atoms with van der Waals surface area (Å²) in [6, 6.07) is 19.1. The molecule has 21 heavy (non-hydrogen) atoms. The van der Waals surface area contributed by atoms with Crippen LogP contribution in [-0.2, 0) is 6.54 Å². The molecular weight excluding hydrogens is 262 g/mol. The number of amides is 1. The molecule has 0 saturated heterocycles. The van der Waals surface area contributed by atoms with Gasteiger partial charge in [-0.05, 0) is 17.7 Å². The van der Waals surface area contributed by atoms with Gasteiger partial charge in [-0.2, -0.15) is 0 Å². The highest BCUT2D eigenvalue weighted by Gasteiger charge is 2.11. The van der Waals surface area contributed by atoms with Gasteiger partial charge in [0, 0.05) is 11.9 Å². The van der Waals surface area contributed by atoms with E-state index in [0.717, 1.165) is 16.5 Å². The van der Waals surface area contributed by atoms with Crippen molar-refractivity contribution >= 4 is 22.6 Å². The van der Waals surface area contributed by atoms with Crippen molar-refractivity contribution in [3.8, 4) is 0 Å². The lowest BCUT2D eigenvalue weighted by Gasteiger charge is -2.08. The van der Waals surface area contributed by atoms with Crippen molar-refractivity contribution in [1.29, 1.82) is 0 Å². The maximum absolute atomic E-state index is 12.3. The zero-order chi connectivity index (χ0) is 14.7.